The van der Waals surface area contributed by atoms with Crippen LogP contribution in [0.15, 0.2) is 36.2 Å². The van der Waals surface area contributed by atoms with Gasteiger partial charge in [0.1, 0.15) is 23.1 Å². The van der Waals surface area contributed by atoms with Crippen LogP contribution in [0.25, 0.3) is 11.7 Å². The van der Waals surface area contributed by atoms with Gasteiger partial charge in [0.25, 0.3) is 5.91 Å². The van der Waals surface area contributed by atoms with Crippen LogP contribution < -0.4 is 21.3 Å². The number of carbonyl (C=O) groups excluding carboxylic acids is 2. The Labute approximate surface area is 182 Å². The molecule has 1 aromatic carbocycles. The Kier molecular flexibility index (Phi) is 4.69. The normalized spacial score (nSPS) is 17.4. The quantitative estimate of drug-likeness (QED) is 0.263. The highest BCUT2D eigenvalue weighted by Crippen LogP contribution is 2.33. The summed E-state index contributed by atoms with van der Waals surface area (Å²) in [5, 5.41) is 14.7. The molecule has 0 atom stereocenters. The molecule has 33 heavy (non-hydrogen) atoms. The van der Waals surface area contributed by atoms with Gasteiger partial charge in [-0.15, -0.1) is 0 Å². The minimum Gasteiger partial charge on any atom is -0.367 e. The average molecular weight is 461 g/mol. The van der Waals surface area contributed by atoms with E-state index in [1.165, 1.54) is 22.9 Å². The molecule has 2 aromatic heterocycles. The molecule has 1 aliphatic carbocycles. The largest absolute Gasteiger partial charge is 0.416 e. The number of amides is 3. The van der Waals surface area contributed by atoms with Crippen LogP contribution in [-0.2, 0) is 11.0 Å². The van der Waals surface area contributed by atoms with E-state index in [2.05, 4.69) is 31.3 Å². The maximum atomic E-state index is 13.8. The maximum Gasteiger partial charge on any atom is 0.416 e. The average Bonchev–Trinajstić information content (AvgIpc) is 3.36. The Bertz CT molecular complexity index is 1330. The molecule has 2 fully saturated rings. The highest BCUT2D eigenvalue weighted by molar-refractivity contribution is 6.14. The third kappa shape index (κ3) is 4.29. The van der Waals surface area contributed by atoms with Gasteiger partial charge < -0.3 is 16.0 Å². The molecule has 1 aliphatic heterocycles. The summed E-state index contributed by atoms with van der Waals surface area (Å²) >= 11 is 0. The molecule has 9 nitrogen and oxygen atoms in total. The van der Waals surface area contributed by atoms with E-state index in [1.54, 1.807) is 0 Å². The second-order valence-corrected chi connectivity index (χ2v) is 7.60. The van der Waals surface area contributed by atoms with Gasteiger partial charge in [-0.05, 0) is 37.1 Å². The Morgan fingerprint density at radius 2 is 1.91 bits per heavy atom. The minimum atomic E-state index is -4.72. The lowest BCUT2D eigenvalue weighted by molar-refractivity contribution is -0.137. The SMILES string of the molecule is O=C1NC(=O)/C(=C/c2cnn3c(NC4CC4)cc(Nc4cc(F)cc(C(F)(F)F)c4)nc23)N1. The summed E-state index contributed by atoms with van der Waals surface area (Å²) in [4.78, 5) is 27.6. The third-order valence-electron chi connectivity index (χ3n) is 4.95. The second kappa shape index (κ2) is 7.46. The molecule has 1 saturated carbocycles. The highest BCUT2D eigenvalue weighted by Gasteiger charge is 2.31. The lowest BCUT2D eigenvalue weighted by Gasteiger charge is -2.13. The van der Waals surface area contributed by atoms with Gasteiger partial charge in [0, 0.05) is 23.4 Å². The molecule has 0 unspecified atom stereocenters. The summed E-state index contributed by atoms with van der Waals surface area (Å²) in [6.07, 6.45) is -0.0274. The molecule has 4 N–H and O–H groups in total. The van der Waals surface area contributed by atoms with E-state index in [0.717, 1.165) is 25.0 Å². The number of aromatic nitrogens is 3. The highest BCUT2D eigenvalue weighted by atomic mass is 19.4. The summed E-state index contributed by atoms with van der Waals surface area (Å²) in [7, 11) is 0. The van der Waals surface area contributed by atoms with Crippen molar-refractivity contribution >= 4 is 41.0 Å². The standard InChI is InChI=1S/C20H15F4N7O2/c21-11-4-10(20(22,23)24)5-13(6-11)26-15-7-16(27-12-1-2-12)31-17(29-15)9(8-25-31)3-14-18(32)30-19(33)28-14/h3-8,12,27H,1-2H2,(H,26,29)(H2,28,30,32,33)/b14-3-. The van der Waals surface area contributed by atoms with Gasteiger partial charge in [0.15, 0.2) is 5.65 Å². The second-order valence-electron chi connectivity index (χ2n) is 7.60. The molecule has 3 heterocycles. The van der Waals surface area contributed by atoms with Crippen molar-refractivity contribution in [2.75, 3.05) is 10.6 Å². The number of benzene rings is 1. The van der Waals surface area contributed by atoms with Crippen molar-refractivity contribution < 1.29 is 27.2 Å². The van der Waals surface area contributed by atoms with Crippen LogP contribution in [-0.4, -0.2) is 32.6 Å². The van der Waals surface area contributed by atoms with Gasteiger partial charge in [0.2, 0.25) is 0 Å². The molecule has 13 heteroatoms. The smallest absolute Gasteiger partial charge is 0.367 e. The van der Waals surface area contributed by atoms with Gasteiger partial charge in [-0.25, -0.2) is 14.2 Å². The zero-order valence-corrected chi connectivity index (χ0v) is 16.6. The number of halogens is 4. The van der Waals surface area contributed by atoms with E-state index in [1.807, 2.05) is 0 Å². The van der Waals surface area contributed by atoms with E-state index >= 15 is 0 Å². The summed E-state index contributed by atoms with van der Waals surface area (Å²) in [5.41, 5.74) is -0.651. The number of urea groups is 1. The van der Waals surface area contributed by atoms with Crippen molar-refractivity contribution in [1.82, 2.24) is 25.2 Å². The lowest BCUT2D eigenvalue weighted by atomic mass is 10.2. The monoisotopic (exact) mass is 461 g/mol. The molecule has 0 bridgehead atoms. The lowest BCUT2D eigenvalue weighted by Crippen LogP contribution is -2.22. The van der Waals surface area contributed by atoms with E-state index < -0.39 is 29.5 Å². The molecular formula is C20H15F4N7O2. The third-order valence-corrected chi connectivity index (χ3v) is 4.95. The Hall–Kier alpha value is -4.16. The van der Waals surface area contributed by atoms with E-state index in [-0.39, 0.29) is 28.9 Å². The molecular weight excluding hydrogens is 446 g/mol. The van der Waals surface area contributed by atoms with E-state index in [9.17, 15) is 27.2 Å². The fourth-order valence-electron chi connectivity index (χ4n) is 3.30. The number of hydrogen-bond donors (Lipinski definition) is 4. The van der Waals surface area contributed by atoms with Crippen molar-refractivity contribution in [1.29, 1.82) is 0 Å². The first-order chi connectivity index (χ1) is 15.7. The first-order valence-corrected chi connectivity index (χ1v) is 9.80. The van der Waals surface area contributed by atoms with Crippen LogP contribution in [0.4, 0.5) is 39.7 Å². The minimum absolute atomic E-state index is 0.00767. The van der Waals surface area contributed by atoms with Crippen LogP contribution in [0, 0.1) is 5.82 Å². The van der Waals surface area contributed by atoms with Crippen LogP contribution in [0.2, 0.25) is 0 Å². The number of imide groups is 1. The zero-order valence-electron chi connectivity index (χ0n) is 16.6. The zero-order chi connectivity index (χ0) is 23.3. The van der Waals surface area contributed by atoms with Gasteiger partial charge in [0.05, 0.1) is 11.8 Å². The number of carbonyl (C=O) groups is 2. The van der Waals surface area contributed by atoms with Crippen LogP contribution in [0.3, 0.4) is 0 Å². The van der Waals surface area contributed by atoms with Crippen molar-refractivity contribution in [3.63, 3.8) is 0 Å². The molecule has 3 amide bonds. The van der Waals surface area contributed by atoms with Gasteiger partial charge in [-0.2, -0.15) is 22.8 Å². The molecule has 170 valence electrons. The van der Waals surface area contributed by atoms with E-state index in [0.29, 0.717) is 17.4 Å². The predicted octanol–water partition coefficient (Wildman–Crippen LogP) is 3.39. The van der Waals surface area contributed by atoms with Gasteiger partial charge >= 0.3 is 12.2 Å². The summed E-state index contributed by atoms with van der Waals surface area (Å²) in [5.74, 6) is -1.04. The Morgan fingerprint density at radius 1 is 1.12 bits per heavy atom. The first-order valence-electron chi connectivity index (χ1n) is 9.80. The van der Waals surface area contributed by atoms with Gasteiger partial charge in [-0.3, -0.25) is 10.1 Å². The van der Waals surface area contributed by atoms with Gasteiger partial charge in [-0.1, -0.05) is 0 Å². The van der Waals surface area contributed by atoms with Crippen LogP contribution >= 0.6 is 0 Å². The number of nitrogens with zero attached hydrogens (tertiary/aromatic N) is 3. The molecule has 5 rings (SSSR count). The molecule has 3 aromatic rings. The molecule has 1 saturated heterocycles. The first kappa shape index (κ1) is 20.7. The number of anilines is 3. The number of rotatable bonds is 5. The molecule has 0 radical (unpaired) electrons. The Balaban J connectivity index is 1.56. The number of alkyl halides is 3. The van der Waals surface area contributed by atoms with E-state index in [4.69, 9.17) is 0 Å². The van der Waals surface area contributed by atoms with Crippen LogP contribution in [0.5, 0.6) is 0 Å². The number of nitrogens with one attached hydrogen (secondary N) is 4. The number of fused-ring (bicyclic) bond motifs is 1. The predicted molar refractivity (Wildman–Crippen MR) is 109 cm³/mol. The van der Waals surface area contributed by atoms with Crippen molar-refractivity contribution in [2.24, 2.45) is 0 Å². The fraction of sp³-hybridized carbons (Fsp3) is 0.200. The summed E-state index contributed by atoms with van der Waals surface area (Å²) < 4.78 is 54.5. The van der Waals surface area contributed by atoms with Crippen LogP contribution in [0.1, 0.15) is 24.0 Å². The molecule has 2 aliphatic rings. The van der Waals surface area contributed by atoms with Crippen molar-refractivity contribution in [2.45, 2.75) is 25.1 Å². The number of hydrogen-bond acceptors (Lipinski definition) is 6. The summed E-state index contributed by atoms with van der Waals surface area (Å²) in [6.45, 7) is 0. The van der Waals surface area contributed by atoms with Crippen molar-refractivity contribution in [3.05, 3.63) is 53.1 Å². The Morgan fingerprint density at radius 3 is 2.58 bits per heavy atom. The summed E-state index contributed by atoms with van der Waals surface area (Å²) in [6, 6.07) is 3.19. The fourth-order valence-corrected chi connectivity index (χ4v) is 3.30. The molecule has 0 spiro atoms. The maximum absolute atomic E-state index is 13.8. The van der Waals surface area contributed by atoms with Crippen molar-refractivity contribution in [3.8, 4) is 0 Å². The topological polar surface area (TPSA) is 112 Å².